The molecule has 2 N–H and O–H groups in total. The van der Waals surface area contributed by atoms with Gasteiger partial charge in [0.25, 0.3) is 0 Å². The Morgan fingerprint density at radius 3 is 3.00 bits per heavy atom. The zero-order valence-corrected chi connectivity index (χ0v) is 11.8. The summed E-state index contributed by atoms with van der Waals surface area (Å²) in [5.41, 5.74) is 7.17. The minimum absolute atomic E-state index is 0.0216. The van der Waals surface area contributed by atoms with Gasteiger partial charge in [-0.1, -0.05) is 6.07 Å². The van der Waals surface area contributed by atoms with E-state index in [-0.39, 0.29) is 11.9 Å². The molecule has 2 rings (SSSR count). The molecule has 17 heavy (non-hydrogen) atoms. The Hall–Kier alpha value is -0.200. The molecular formula is C13H17FINO. The van der Waals surface area contributed by atoms with Crippen molar-refractivity contribution in [2.24, 2.45) is 5.73 Å². The summed E-state index contributed by atoms with van der Waals surface area (Å²) in [5, 5.41) is 0. The molecule has 0 aromatic heterocycles. The first-order valence-corrected chi connectivity index (χ1v) is 7.07. The van der Waals surface area contributed by atoms with Gasteiger partial charge in [0.2, 0.25) is 0 Å². The molecule has 0 amide bonds. The molecule has 4 heteroatoms. The molecule has 2 atom stereocenters. The van der Waals surface area contributed by atoms with E-state index in [1.165, 1.54) is 12.1 Å². The average Bonchev–Trinajstić information content (AvgIpc) is 2.78. The first-order valence-electron chi connectivity index (χ1n) is 5.99. The van der Waals surface area contributed by atoms with Crippen LogP contribution in [-0.2, 0) is 4.74 Å². The van der Waals surface area contributed by atoms with Gasteiger partial charge in [0, 0.05) is 16.2 Å². The third-order valence-corrected chi connectivity index (χ3v) is 4.12. The van der Waals surface area contributed by atoms with Crippen LogP contribution in [0.3, 0.4) is 0 Å². The summed E-state index contributed by atoms with van der Waals surface area (Å²) in [5.74, 6) is -0.204. The number of hydrogen-bond donors (Lipinski definition) is 1. The minimum atomic E-state index is -0.204. The van der Waals surface area contributed by atoms with E-state index in [9.17, 15) is 4.39 Å². The number of benzene rings is 1. The second kappa shape index (κ2) is 6.11. The number of hydrogen-bond acceptors (Lipinski definition) is 2. The Balaban J connectivity index is 1.91. The monoisotopic (exact) mass is 349 g/mol. The van der Waals surface area contributed by atoms with Crippen LogP contribution in [0.2, 0.25) is 0 Å². The molecule has 1 aromatic rings. The van der Waals surface area contributed by atoms with Crippen molar-refractivity contribution in [1.82, 2.24) is 0 Å². The zero-order chi connectivity index (χ0) is 12.3. The second-order valence-corrected chi connectivity index (χ2v) is 5.65. The molecule has 1 saturated heterocycles. The fourth-order valence-corrected chi connectivity index (χ4v) is 3.07. The summed E-state index contributed by atoms with van der Waals surface area (Å²) < 4.78 is 19.5. The lowest BCUT2D eigenvalue weighted by Crippen LogP contribution is -2.15. The highest BCUT2D eigenvalue weighted by Crippen LogP contribution is 2.25. The average molecular weight is 349 g/mol. The van der Waals surface area contributed by atoms with E-state index in [4.69, 9.17) is 10.5 Å². The van der Waals surface area contributed by atoms with Gasteiger partial charge in [-0.05, 0) is 66.0 Å². The molecule has 0 saturated carbocycles. The summed E-state index contributed by atoms with van der Waals surface area (Å²) in [4.78, 5) is 0. The maximum atomic E-state index is 13.0. The lowest BCUT2D eigenvalue weighted by molar-refractivity contribution is 0.101. The van der Waals surface area contributed by atoms with Crippen molar-refractivity contribution in [3.8, 4) is 0 Å². The molecule has 0 spiro atoms. The maximum absolute atomic E-state index is 13.0. The van der Waals surface area contributed by atoms with Crippen LogP contribution in [0.5, 0.6) is 0 Å². The molecule has 1 heterocycles. The van der Waals surface area contributed by atoms with E-state index in [1.807, 2.05) is 0 Å². The van der Waals surface area contributed by atoms with Gasteiger partial charge in [0.1, 0.15) is 5.82 Å². The molecular weight excluding hydrogens is 332 g/mol. The Bertz CT molecular complexity index is 380. The van der Waals surface area contributed by atoms with Gasteiger partial charge in [0.05, 0.1) is 6.10 Å². The molecule has 0 aliphatic carbocycles. The van der Waals surface area contributed by atoms with E-state index in [0.717, 1.165) is 41.4 Å². The van der Waals surface area contributed by atoms with Crippen molar-refractivity contribution in [3.63, 3.8) is 0 Å². The van der Waals surface area contributed by atoms with Crippen LogP contribution in [-0.4, -0.2) is 12.7 Å². The third kappa shape index (κ3) is 3.63. The summed E-state index contributed by atoms with van der Waals surface area (Å²) in [6.07, 6.45) is 4.57. The van der Waals surface area contributed by atoms with Gasteiger partial charge in [-0.2, -0.15) is 0 Å². The van der Waals surface area contributed by atoms with Crippen molar-refractivity contribution in [2.75, 3.05) is 6.61 Å². The molecule has 1 aliphatic rings. The van der Waals surface area contributed by atoms with Gasteiger partial charge in [-0.25, -0.2) is 4.39 Å². The van der Waals surface area contributed by atoms with Gasteiger partial charge >= 0.3 is 0 Å². The van der Waals surface area contributed by atoms with E-state index >= 15 is 0 Å². The van der Waals surface area contributed by atoms with Crippen molar-refractivity contribution >= 4 is 22.6 Å². The molecule has 94 valence electrons. The standard InChI is InChI=1S/C13H17FINO/c14-9-3-5-11(12(15)8-9)13(16)6-4-10-2-1-7-17-10/h3,5,8,10,13H,1-2,4,6-7,16H2. The summed E-state index contributed by atoms with van der Waals surface area (Å²) in [7, 11) is 0. The van der Waals surface area contributed by atoms with E-state index in [2.05, 4.69) is 22.6 Å². The van der Waals surface area contributed by atoms with Gasteiger partial charge in [-0.15, -0.1) is 0 Å². The lowest BCUT2D eigenvalue weighted by Gasteiger charge is -2.16. The van der Waals surface area contributed by atoms with Gasteiger partial charge in [0.15, 0.2) is 0 Å². The van der Waals surface area contributed by atoms with Crippen molar-refractivity contribution < 1.29 is 9.13 Å². The zero-order valence-electron chi connectivity index (χ0n) is 9.66. The van der Waals surface area contributed by atoms with Crippen molar-refractivity contribution in [3.05, 3.63) is 33.1 Å². The smallest absolute Gasteiger partial charge is 0.124 e. The Labute approximate surface area is 115 Å². The Morgan fingerprint density at radius 1 is 1.53 bits per heavy atom. The number of halogens is 2. The third-order valence-electron chi connectivity index (χ3n) is 3.19. The molecule has 2 unspecified atom stereocenters. The fourth-order valence-electron chi connectivity index (χ4n) is 2.20. The molecule has 2 nitrogen and oxygen atoms in total. The first kappa shape index (κ1) is 13.2. The summed E-state index contributed by atoms with van der Waals surface area (Å²) in [6.45, 7) is 0.883. The molecule has 0 bridgehead atoms. The largest absolute Gasteiger partial charge is 0.378 e. The molecule has 0 radical (unpaired) electrons. The van der Waals surface area contributed by atoms with Crippen LogP contribution in [0.4, 0.5) is 4.39 Å². The Kier molecular flexibility index (Phi) is 4.76. The highest BCUT2D eigenvalue weighted by atomic mass is 127. The Morgan fingerprint density at radius 2 is 2.35 bits per heavy atom. The summed E-state index contributed by atoms with van der Waals surface area (Å²) >= 11 is 2.14. The van der Waals surface area contributed by atoms with Crippen LogP contribution < -0.4 is 5.73 Å². The fraction of sp³-hybridized carbons (Fsp3) is 0.538. The van der Waals surface area contributed by atoms with E-state index in [1.54, 1.807) is 6.07 Å². The van der Waals surface area contributed by atoms with Crippen LogP contribution >= 0.6 is 22.6 Å². The van der Waals surface area contributed by atoms with E-state index in [0.29, 0.717) is 6.10 Å². The van der Waals surface area contributed by atoms with Gasteiger partial charge in [-0.3, -0.25) is 0 Å². The predicted octanol–water partition coefficient (Wildman–Crippen LogP) is 3.39. The number of ether oxygens (including phenoxy) is 1. The topological polar surface area (TPSA) is 35.2 Å². The SMILES string of the molecule is NC(CCC1CCCO1)c1ccc(F)cc1I. The predicted molar refractivity (Wildman–Crippen MR) is 74.3 cm³/mol. The van der Waals surface area contributed by atoms with Crippen molar-refractivity contribution in [1.29, 1.82) is 0 Å². The normalized spacial score (nSPS) is 21.7. The number of nitrogens with two attached hydrogens (primary N) is 1. The van der Waals surface area contributed by atoms with Gasteiger partial charge < -0.3 is 10.5 Å². The maximum Gasteiger partial charge on any atom is 0.124 e. The molecule has 1 aromatic carbocycles. The van der Waals surface area contributed by atoms with Crippen LogP contribution in [0.1, 0.15) is 37.3 Å². The van der Waals surface area contributed by atoms with E-state index < -0.39 is 0 Å². The summed E-state index contributed by atoms with van der Waals surface area (Å²) in [6, 6.07) is 4.77. The highest BCUT2D eigenvalue weighted by Gasteiger charge is 2.18. The quantitative estimate of drug-likeness (QED) is 0.846. The second-order valence-electron chi connectivity index (χ2n) is 4.48. The minimum Gasteiger partial charge on any atom is -0.378 e. The van der Waals surface area contributed by atoms with Crippen LogP contribution in [0.25, 0.3) is 0 Å². The molecule has 1 aliphatic heterocycles. The lowest BCUT2D eigenvalue weighted by atomic mass is 10.00. The van der Waals surface area contributed by atoms with Crippen LogP contribution in [0.15, 0.2) is 18.2 Å². The first-order chi connectivity index (χ1) is 8.16. The van der Waals surface area contributed by atoms with Crippen molar-refractivity contribution in [2.45, 2.75) is 37.8 Å². The van der Waals surface area contributed by atoms with Crippen LogP contribution in [0, 0.1) is 9.39 Å². The highest BCUT2D eigenvalue weighted by molar-refractivity contribution is 14.1. The number of rotatable bonds is 4. The molecule has 1 fully saturated rings.